The molecule has 2 aliphatic rings. The van der Waals surface area contributed by atoms with Gasteiger partial charge in [-0.2, -0.15) is 0 Å². The minimum Gasteiger partial charge on any atom is -0.508 e. The lowest BCUT2D eigenvalue weighted by atomic mass is 9.92. The maximum atomic E-state index is 10.8. The van der Waals surface area contributed by atoms with Gasteiger partial charge in [0, 0.05) is 21.7 Å². The van der Waals surface area contributed by atoms with E-state index in [9.17, 15) is 20.4 Å². The molecule has 0 saturated carbocycles. The highest BCUT2D eigenvalue weighted by molar-refractivity contribution is 6.51. The zero-order valence-electron chi connectivity index (χ0n) is 17.9. The van der Waals surface area contributed by atoms with E-state index >= 15 is 0 Å². The number of phenols is 4. The summed E-state index contributed by atoms with van der Waals surface area (Å²) < 4.78 is 0. The Hall–Kier alpha value is -3.60. The summed E-state index contributed by atoms with van der Waals surface area (Å²) in [4.78, 5) is 0. The predicted molar refractivity (Wildman–Crippen MR) is 137 cm³/mol. The van der Waals surface area contributed by atoms with Crippen LogP contribution in [-0.4, -0.2) is 20.4 Å². The van der Waals surface area contributed by atoms with E-state index < -0.39 is 0 Å². The summed E-state index contributed by atoms with van der Waals surface area (Å²) in [5.74, 6) is 0.0829. The van der Waals surface area contributed by atoms with Crippen molar-refractivity contribution in [2.24, 2.45) is 0 Å². The van der Waals surface area contributed by atoms with Crippen LogP contribution in [0.1, 0.15) is 22.3 Å². The first kappa shape index (κ1) is 22.2. The Morgan fingerprint density at radius 1 is 0.618 bits per heavy atom. The van der Waals surface area contributed by atoms with Crippen molar-refractivity contribution in [1.82, 2.24) is 0 Å². The number of halogens is 2. The van der Waals surface area contributed by atoms with Crippen LogP contribution in [0.25, 0.3) is 33.4 Å². The number of aromatic hydroxyl groups is 4. The second-order valence-corrected chi connectivity index (χ2v) is 9.13. The maximum Gasteiger partial charge on any atom is 0.142 e. The van der Waals surface area contributed by atoms with Crippen LogP contribution in [0.3, 0.4) is 0 Å². The Kier molecular flexibility index (Phi) is 5.64. The Bertz CT molecular complexity index is 1470. The zero-order chi connectivity index (χ0) is 24.0. The summed E-state index contributed by atoms with van der Waals surface area (Å²) in [5, 5.41) is 42.7. The summed E-state index contributed by atoms with van der Waals surface area (Å²) in [6.07, 6.45) is 2.86. The lowest BCUT2D eigenvalue weighted by molar-refractivity contribution is 0.469. The Labute approximate surface area is 206 Å². The van der Waals surface area contributed by atoms with Crippen molar-refractivity contribution in [3.05, 3.63) is 94.0 Å². The van der Waals surface area contributed by atoms with Gasteiger partial charge in [-0.15, -0.1) is 0 Å². The van der Waals surface area contributed by atoms with Crippen molar-refractivity contribution >= 4 is 34.3 Å². The number of benzene rings is 4. The number of phenolic OH excluding ortho intramolecular Hbond substituents is 4. The highest BCUT2D eigenvalue weighted by Crippen LogP contribution is 2.42. The molecule has 0 fully saturated rings. The van der Waals surface area contributed by atoms with Crippen LogP contribution < -0.4 is 0 Å². The molecule has 2 aliphatic carbocycles. The summed E-state index contributed by atoms with van der Waals surface area (Å²) >= 11 is 12.9. The first-order valence-electron chi connectivity index (χ1n) is 10.7. The molecule has 0 heterocycles. The number of aryl methyl sites for hydroxylation is 2. The van der Waals surface area contributed by atoms with E-state index in [2.05, 4.69) is 0 Å². The molecule has 4 aromatic carbocycles. The molecule has 0 amide bonds. The van der Waals surface area contributed by atoms with E-state index in [0.717, 1.165) is 16.7 Å². The molecule has 6 rings (SSSR count). The molecule has 0 spiro atoms. The standard InChI is InChI=1S/C28H20Cl2O4/c29-24-11-16-10-23(28(34)25(30)12-16)22-9-15(2-8-26(22)32)1-3-17-13-19(31)5-7-20(17)21-6-4-18(24)14-27(21)33/h2,4-14,31-34H,1,3H2/b24-11+. The minimum absolute atomic E-state index is 0.0151. The van der Waals surface area contributed by atoms with Gasteiger partial charge >= 0.3 is 0 Å². The lowest BCUT2D eigenvalue weighted by Crippen LogP contribution is -1.96. The molecule has 0 atom stereocenters. The van der Waals surface area contributed by atoms with Crippen LogP contribution in [0.4, 0.5) is 0 Å². The van der Waals surface area contributed by atoms with Crippen LogP contribution in [0.2, 0.25) is 5.02 Å². The average molecular weight is 491 g/mol. The maximum absolute atomic E-state index is 10.8. The number of hydrogen-bond acceptors (Lipinski definition) is 4. The Morgan fingerprint density at radius 3 is 2.21 bits per heavy atom. The summed E-state index contributed by atoms with van der Waals surface area (Å²) in [6, 6.07) is 18.8. The first-order valence-corrected chi connectivity index (χ1v) is 11.4. The Morgan fingerprint density at radius 2 is 1.41 bits per heavy atom. The van der Waals surface area contributed by atoms with E-state index in [0.29, 0.717) is 45.7 Å². The van der Waals surface area contributed by atoms with Gasteiger partial charge in [-0.3, -0.25) is 0 Å². The van der Waals surface area contributed by atoms with Crippen molar-refractivity contribution in [2.75, 3.05) is 0 Å². The van der Waals surface area contributed by atoms with Crippen molar-refractivity contribution in [2.45, 2.75) is 12.8 Å². The fourth-order valence-electron chi connectivity index (χ4n) is 4.33. The van der Waals surface area contributed by atoms with E-state index in [-0.39, 0.29) is 28.0 Å². The second kappa shape index (κ2) is 8.64. The largest absolute Gasteiger partial charge is 0.508 e. The fraction of sp³-hybridized carbons (Fsp3) is 0.0714. The normalized spacial score (nSPS) is 14.4. The number of hydrogen-bond donors (Lipinski definition) is 4. The quantitative estimate of drug-likeness (QED) is 0.208. The zero-order valence-corrected chi connectivity index (χ0v) is 19.4. The van der Waals surface area contributed by atoms with Crippen molar-refractivity contribution in [1.29, 1.82) is 0 Å². The van der Waals surface area contributed by atoms with Crippen LogP contribution in [0.15, 0.2) is 66.7 Å². The fourth-order valence-corrected chi connectivity index (χ4v) is 4.80. The molecule has 0 unspecified atom stereocenters. The van der Waals surface area contributed by atoms with Gasteiger partial charge in [0.05, 0.1) is 5.02 Å². The molecule has 6 heteroatoms. The molecule has 170 valence electrons. The molecule has 0 radical (unpaired) electrons. The smallest absolute Gasteiger partial charge is 0.142 e. The Balaban J connectivity index is 1.78. The van der Waals surface area contributed by atoms with Gasteiger partial charge in [0.25, 0.3) is 0 Å². The highest BCUT2D eigenvalue weighted by atomic mass is 35.5. The molecule has 0 saturated heterocycles. The summed E-state index contributed by atoms with van der Waals surface area (Å²) in [6.45, 7) is 0. The third-order valence-corrected chi connectivity index (χ3v) is 6.68. The van der Waals surface area contributed by atoms with Gasteiger partial charge < -0.3 is 20.4 Å². The molecular formula is C28H20Cl2O4. The van der Waals surface area contributed by atoms with Crippen LogP contribution in [0.5, 0.6) is 23.0 Å². The molecule has 4 N–H and O–H groups in total. The van der Waals surface area contributed by atoms with Crippen LogP contribution in [0, 0.1) is 0 Å². The second-order valence-electron chi connectivity index (χ2n) is 8.32. The summed E-state index contributed by atoms with van der Waals surface area (Å²) in [5.41, 5.74) is 5.29. The number of fused-ring (bicyclic) bond motifs is 3. The first-order chi connectivity index (χ1) is 16.3. The minimum atomic E-state index is -0.138. The molecule has 34 heavy (non-hydrogen) atoms. The van der Waals surface area contributed by atoms with Crippen molar-refractivity contribution in [3.63, 3.8) is 0 Å². The third kappa shape index (κ3) is 4.07. The molecule has 4 aromatic rings. The third-order valence-electron chi connectivity index (χ3n) is 6.07. The van der Waals surface area contributed by atoms with Crippen LogP contribution in [-0.2, 0) is 12.8 Å². The van der Waals surface area contributed by atoms with Gasteiger partial charge in [0.2, 0.25) is 0 Å². The van der Waals surface area contributed by atoms with E-state index in [1.807, 2.05) is 18.2 Å². The summed E-state index contributed by atoms with van der Waals surface area (Å²) in [7, 11) is 0. The SMILES string of the molecule is Oc1ccc2c(c1)CCc1ccc(O)c(c1)-c1cc(cc(Cl)c1O)/C=C(/Cl)c1ccc-2c(O)c1. The van der Waals surface area contributed by atoms with Crippen molar-refractivity contribution in [3.8, 4) is 45.3 Å². The number of rotatable bonds is 0. The van der Waals surface area contributed by atoms with E-state index in [1.165, 1.54) is 0 Å². The molecule has 0 aliphatic heterocycles. The lowest BCUT2D eigenvalue weighted by Gasteiger charge is -2.15. The van der Waals surface area contributed by atoms with Gasteiger partial charge in [-0.25, -0.2) is 0 Å². The van der Waals surface area contributed by atoms with Gasteiger partial charge in [0.1, 0.15) is 23.0 Å². The highest BCUT2D eigenvalue weighted by Gasteiger charge is 2.17. The van der Waals surface area contributed by atoms with Gasteiger partial charge in [0.15, 0.2) is 0 Å². The van der Waals surface area contributed by atoms with Crippen LogP contribution >= 0.6 is 23.2 Å². The van der Waals surface area contributed by atoms with Gasteiger partial charge in [-0.1, -0.05) is 47.5 Å². The predicted octanol–water partition coefficient (Wildman–Crippen LogP) is 7.33. The molecule has 0 aromatic heterocycles. The van der Waals surface area contributed by atoms with Gasteiger partial charge in [-0.05, 0) is 89.2 Å². The monoisotopic (exact) mass is 490 g/mol. The van der Waals surface area contributed by atoms with E-state index in [4.69, 9.17) is 23.2 Å². The van der Waals surface area contributed by atoms with Crippen molar-refractivity contribution < 1.29 is 20.4 Å². The topological polar surface area (TPSA) is 80.9 Å². The molecular weight excluding hydrogens is 471 g/mol. The average Bonchev–Trinajstić information content (AvgIpc) is 2.80. The van der Waals surface area contributed by atoms with E-state index in [1.54, 1.807) is 54.6 Å². The molecule has 4 nitrogen and oxygen atoms in total. The molecule has 6 bridgehead atoms.